The van der Waals surface area contributed by atoms with Crippen molar-refractivity contribution in [3.05, 3.63) is 241 Å². The van der Waals surface area contributed by atoms with Gasteiger partial charge in [-0.3, -0.25) is 0 Å². The first-order valence-electron chi connectivity index (χ1n) is 23.2. The molecule has 10 aromatic carbocycles. The third-order valence-electron chi connectivity index (χ3n) is 13.6. The summed E-state index contributed by atoms with van der Waals surface area (Å²) in [5.74, 6) is 0. The van der Waals surface area contributed by atoms with Crippen molar-refractivity contribution < 1.29 is 26.3 Å². The van der Waals surface area contributed by atoms with Crippen LogP contribution in [-0.2, 0) is 12.4 Å². The molecule has 0 atom stereocenters. The molecule has 0 aliphatic carbocycles. The van der Waals surface area contributed by atoms with E-state index < -0.39 is 29.0 Å². The predicted molar refractivity (Wildman–Crippen MR) is 277 cm³/mol. The molecule has 3 nitrogen and oxygen atoms in total. The van der Waals surface area contributed by atoms with Crippen LogP contribution in [0.1, 0.15) is 16.7 Å². The summed E-state index contributed by atoms with van der Waals surface area (Å²) in [6.07, 6.45) is -10.2. The second-order valence-corrected chi connectivity index (χ2v) is 17.8. The van der Waals surface area contributed by atoms with E-state index in [9.17, 15) is 18.4 Å². The molecule has 2 aromatic heterocycles. The van der Waals surface area contributed by atoms with Gasteiger partial charge in [0.25, 0.3) is 0 Å². The number of fused-ring (bicyclic) bond motifs is 6. The minimum absolute atomic E-state index is 0.0399. The summed E-state index contributed by atoms with van der Waals surface area (Å²) in [7, 11) is 0. The van der Waals surface area contributed by atoms with Crippen LogP contribution in [0.25, 0.3) is 111 Å². The number of halogens is 6. The Balaban J connectivity index is 1.26. The molecule has 0 fully saturated rings. The summed E-state index contributed by atoms with van der Waals surface area (Å²) in [4.78, 5) is 0. The fourth-order valence-corrected chi connectivity index (χ4v) is 10.2. The van der Waals surface area contributed by atoms with Crippen molar-refractivity contribution >= 4 is 43.6 Å². The van der Waals surface area contributed by atoms with Crippen LogP contribution >= 0.6 is 0 Å². The minimum Gasteiger partial charge on any atom is -0.308 e. The Labute approximate surface area is 409 Å². The van der Waals surface area contributed by atoms with Crippen molar-refractivity contribution in [3.63, 3.8) is 0 Å². The Morgan fingerprint density at radius 1 is 0.319 bits per heavy atom. The Hall–Kier alpha value is -9.13. The number of rotatable bonds is 7. The zero-order chi connectivity index (χ0) is 49.3. The lowest BCUT2D eigenvalue weighted by Gasteiger charge is -2.21. The first kappa shape index (κ1) is 44.1. The largest absolute Gasteiger partial charge is 0.417 e. The summed E-state index contributed by atoms with van der Waals surface area (Å²) in [5.41, 5.74) is 6.98. The molecule has 72 heavy (non-hydrogen) atoms. The maximum Gasteiger partial charge on any atom is 0.417 e. The van der Waals surface area contributed by atoms with Gasteiger partial charge in [-0.2, -0.15) is 31.6 Å². The van der Waals surface area contributed by atoms with Gasteiger partial charge < -0.3 is 9.13 Å². The van der Waals surface area contributed by atoms with Crippen molar-refractivity contribution in [1.82, 2.24) is 9.13 Å². The average Bonchev–Trinajstić information content (AvgIpc) is 3.91. The van der Waals surface area contributed by atoms with Gasteiger partial charge in [-0.05, 0) is 104 Å². The highest BCUT2D eigenvalue weighted by atomic mass is 19.4. The first-order valence-corrected chi connectivity index (χ1v) is 23.2. The standard InChI is InChI=1S/C63H37F6N3/c64-62(65,66)48-25-30-49(55(37-48)63(67,68)69)47-35-60(71-56-31-43(39-13-5-1-6-14-39)21-26-50(56)51-27-22-44(32-57(51)71)40-15-7-2-8-16-40)54(38-70)61(36-47)72-58-33-45(41-17-9-3-10-18-41)23-28-52(58)53-29-24-46(34-59(53)72)42-19-11-4-12-20-42/h1-37H. The molecule has 0 aliphatic rings. The summed E-state index contributed by atoms with van der Waals surface area (Å²) in [6, 6.07) is 70.5. The molecule has 0 spiro atoms. The van der Waals surface area contributed by atoms with E-state index in [2.05, 4.69) is 6.07 Å². The number of nitriles is 1. The van der Waals surface area contributed by atoms with Gasteiger partial charge in [-0.1, -0.05) is 176 Å². The van der Waals surface area contributed by atoms with Crippen LogP contribution in [0.15, 0.2) is 224 Å². The highest BCUT2D eigenvalue weighted by molar-refractivity contribution is 6.13. The van der Waals surface area contributed by atoms with Gasteiger partial charge in [-0.15, -0.1) is 0 Å². The summed E-state index contributed by atoms with van der Waals surface area (Å²) >= 11 is 0. The zero-order valence-corrected chi connectivity index (χ0v) is 38.0. The SMILES string of the molecule is N#Cc1c(-n2c3cc(-c4ccccc4)ccc3c3ccc(-c4ccccc4)cc32)cc(-c2ccc(C(F)(F)F)cc2C(F)(F)F)cc1-n1c2cc(-c3ccccc3)ccc2c2ccc(-c3ccccc3)cc21. The average molecular weight is 950 g/mol. The molecule has 0 bridgehead atoms. The van der Waals surface area contributed by atoms with Crippen LogP contribution in [-0.4, -0.2) is 9.13 Å². The van der Waals surface area contributed by atoms with Crippen molar-refractivity contribution in [2.45, 2.75) is 12.4 Å². The molecule has 0 unspecified atom stereocenters. The second-order valence-electron chi connectivity index (χ2n) is 17.8. The van der Waals surface area contributed by atoms with Gasteiger partial charge >= 0.3 is 12.4 Å². The third kappa shape index (κ3) is 7.56. The number of alkyl halides is 6. The Kier molecular flexibility index (Phi) is 10.5. The molecule has 0 saturated heterocycles. The van der Waals surface area contributed by atoms with E-state index in [0.29, 0.717) is 28.1 Å². The van der Waals surface area contributed by atoms with E-state index in [0.717, 1.165) is 72.1 Å². The van der Waals surface area contributed by atoms with Gasteiger partial charge in [0, 0.05) is 21.5 Å². The highest BCUT2D eigenvalue weighted by Crippen LogP contribution is 2.46. The van der Waals surface area contributed by atoms with Gasteiger partial charge in [0.1, 0.15) is 11.6 Å². The quantitative estimate of drug-likeness (QED) is 0.147. The Morgan fingerprint density at radius 3 is 0.944 bits per heavy atom. The molecule has 12 rings (SSSR count). The molecule has 0 aliphatic heterocycles. The zero-order valence-electron chi connectivity index (χ0n) is 38.0. The van der Waals surface area contributed by atoms with Crippen LogP contribution < -0.4 is 0 Å². The maximum absolute atomic E-state index is 15.4. The Morgan fingerprint density at radius 2 is 0.653 bits per heavy atom. The monoisotopic (exact) mass is 949 g/mol. The maximum atomic E-state index is 15.4. The number of benzene rings is 10. The van der Waals surface area contributed by atoms with Gasteiger partial charge in [-0.25, -0.2) is 0 Å². The molecule has 0 saturated carbocycles. The molecule has 0 radical (unpaired) electrons. The topological polar surface area (TPSA) is 33.6 Å². The summed E-state index contributed by atoms with van der Waals surface area (Å²) in [6.45, 7) is 0. The molecular weight excluding hydrogens is 913 g/mol. The highest BCUT2D eigenvalue weighted by Gasteiger charge is 2.39. The normalized spacial score (nSPS) is 12.0. The first-order chi connectivity index (χ1) is 34.9. The van der Waals surface area contributed by atoms with Gasteiger partial charge in [0.05, 0.1) is 44.6 Å². The summed E-state index contributed by atoms with van der Waals surface area (Å²) in [5, 5.41) is 15.1. The Bertz CT molecular complexity index is 3690. The lowest BCUT2D eigenvalue weighted by molar-refractivity contribution is -0.142. The fourth-order valence-electron chi connectivity index (χ4n) is 10.2. The van der Waals surface area contributed by atoms with Crippen LogP contribution in [0, 0.1) is 11.3 Å². The molecule has 0 amide bonds. The molecule has 9 heteroatoms. The fraction of sp³-hybridized carbons (Fsp3) is 0.0317. The van der Waals surface area contributed by atoms with E-state index in [1.165, 1.54) is 12.1 Å². The lowest BCUT2D eigenvalue weighted by Crippen LogP contribution is -2.12. The molecule has 0 N–H and O–H groups in total. The third-order valence-corrected chi connectivity index (χ3v) is 13.6. The van der Waals surface area contributed by atoms with Crippen LogP contribution in [0.4, 0.5) is 26.3 Å². The van der Waals surface area contributed by atoms with Crippen molar-refractivity contribution in [2.75, 3.05) is 0 Å². The second kappa shape index (κ2) is 17.1. The van der Waals surface area contributed by atoms with E-state index in [1.807, 2.05) is 203 Å². The molecular formula is C63H37F6N3. The van der Waals surface area contributed by atoms with Crippen molar-refractivity contribution in [1.29, 1.82) is 5.26 Å². The van der Waals surface area contributed by atoms with Gasteiger partial charge in [0.15, 0.2) is 0 Å². The lowest BCUT2D eigenvalue weighted by atomic mass is 9.94. The van der Waals surface area contributed by atoms with E-state index in [-0.39, 0.29) is 28.6 Å². The van der Waals surface area contributed by atoms with E-state index >= 15 is 13.2 Å². The molecule has 346 valence electrons. The number of hydrogen-bond donors (Lipinski definition) is 0. The van der Waals surface area contributed by atoms with E-state index in [1.54, 1.807) is 0 Å². The number of nitrogens with zero attached hydrogens (tertiary/aromatic N) is 3. The smallest absolute Gasteiger partial charge is 0.308 e. The predicted octanol–water partition coefficient (Wildman–Crippen LogP) is 18.1. The number of hydrogen-bond acceptors (Lipinski definition) is 1. The summed E-state index contributed by atoms with van der Waals surface area (Å²) < 4.78 is 93.0. The van der Waals surface area contributed by atoms with Crippen molar-refractivity contribution in [2.24, 2.45) is 0 Å². The van der Waals surface area contributed by atoms with E-state index in [4.69, 9.17) is 0 Å². The van der Waals surface area contributed by atoms with Crippen LogP contribution in [0.5, 0.6) is 0 Å². The molecule has 2 heterocycles. The van der Waals surface area contributed by atoms with Crippen LogP contribution in [0.2, 0.25) is 0 Å². The number of aromatic nitrogens is 2. The van der Waals surface area contributed by atoms with Crippen molar-refractivity contribution in [3.8, 4) is 73.1 Å². The molecule has 12 aromatic rings. The van der Waals surface area contributed by atoms with Gasteiger partial charge in [0.2, 0.25) is 0 Å². The van der Waals surface area contributed by atoms with Crippen LogP contribution in [0.3, 0.4) is 0 Å². The minimum atomic E-state index is -5.20.